The van der Waals surface area contributed by atoms with Crippen molar-refractivity contribution in [2.24, 2.45) is 0 Å². The first-order valence-corrected chi connectivity index (χ1v) is 6.36. The van der Waals surface area contributed by atoms with Crippen LogP contribution in [0.25, 0.3) is 0 Å². The Labute approximate surface area is 113 Å². The standard InChI is InChI=1S/C15H18FN3/c1-3-19(15-6-4-12(16)5-7-15)11-14-10-13(17-2)8-9-18-14/h4-10H,3,11H2,1-2H3,(H,17,18). The molecule has 0 aliphatic carbocycles. The van der Waals surface area contributed by atoms with E-state index in [9.17, 15) is 4.39 Å². The molecule has 0 radical (unpaired) electrons. The average molecular weight is 259 g/mol. The van der Waals surface area contributed by atoms with E-state index in [0.717, 1.165) is 23.6 Å². The Balaban J connectivity index is 2.16. The minimum atomic E-state index is -0.213. The molecule has 1 N–H and O–H groups in total. The molecule has 2 aromatic rings. The van der Waals surface area contributed by atoms with Gasteiger partial charge in [0.2, 0.25) is 0 Å². The summed E-state index contributed by atoms with van der Waals surface area (Å²) < 4.78 is 12.9. The van der Waals surface area contributed by atoms with Gasteiger partial charge in [0.05, 0.1) is 12.2 Å². The van der Waals surface area contributed by atoms with Crippen LogP contribution >= 0.6 is 0 Å². The summed E-state index contributed by atoms with van der Waals surface area (Å²) >= 11 is 0. The summed E-state index contributed by atoms with van der Waals surface area (Å²) in [5.74, 6) is -0.213. The first kappa shape index (κ1) is 13.3. The van der Waals surface area contributed by atoms with Crippen molar-refractivity contribution in [3.05, 3.63) is 54.1 Å². The van der Waals surface area contributed by atoms with Crippen molar-refractivity contribution in [3.8, 4) is 0 Å². The second-order valence-electron chi connectivity index (χ2n) is 4.28. The third-order valence-corrected chi connectivity index (χ3v) is 3.03. The minimum Gasteiger partial charge on any atom is -0.388 e. The van der Waals surface area contributed by atoms with E-state index in [2.05, 4.69) is 22.1 Å². The summed E-state index contributed by atoms with van der Waals surface area (Å²) in [4.78, 5) is 6.52. The van der Waals surface area contributed by atoms with E-state index >= 15 is 0 Å². The number of pyridine rings is 1. The van der Waals surface area contributed by atoms with E-state index in [1.165, 1.54) is 12.1 Å². The van der Waals surface area contributed by atoms with Gasteiger partial charge < -0.3 is 10.2 Å². The summed E-state index contributed by atoms with van der Waals surface area (Å²) in [6.07, 6.45) is 1.79. The normalized spacial score (nSPS) is 10.3. The van der Waals surface area contributed by atoms with Crippen LogP contribution in [0.2, 0.25) is 0 Å². The van der Waals surface area contributed by atoms with E-state index in [4.69, 9.17) is 0 Å². The molecule has 100 valence electrons. The van der Waals surface area contributed by atoms with E-state index in [0.29, 0.717) is 6.54 Å². The molecule has 0 saturated heterocycles. The van der Waals surface area contributed by atoms with Gasteiger partial charge in [0.1, 0.15) is 5.82 Å². The molecule has 1 heterocycles. The van der Waals surface area contributed by atoms with Crippen LogP contribution in [0.4, 0.5) is 15.8 Å². The number of aromatic nitrogens is 1. The first-order chi connectivity index (χ1) is 9.22. The number of rotatable bonds is 5. The monoisotopic (exact) mass is 259 g/mol. The fourth-order valence-corrected chi connectivity index (χ4v) is 1.95. The van der Waals surface area contributed by atoms with Gasteiger partial charge in [0.15, 0.2) is 0 Å². The van der Waals surface area contributed by atoms with Crippen LogP contribution in [-0.4, -0.2) is 18.6 Å². The van der Waals surface area contributed by atoms with Crippen LogP contribution in [-0.2, 0) is 6.54 Å². The number of anilines is 2. The SMILES string of the molecule is CCN(Cc1cc(NC)ccn1)c1ccc(F)cc1. The van der Waals surface area contributed by atoms with E-state index in [1.807, 2.05) is 19.2 Å². The third-order valence-electron chi connectivity index (χ3n) is 3.03. The molecular weight excluding hydrogens is 241 g/mol. The zero-order valence-electron chi connectivity index (χ0n) is 11.2. The predicted octanol–water partition coefficient (Wildman–Crippen LogP) is 3.29. The molecule has 0 amide bonds. The molecule has 0 aliphatic rings. The number of nitrogens with zero attached hydrogens (tertiary/aromatic N) is 2. The Bertz CT molecular complexity index is 525. The average Bonchev–Trinajstić information content (AvgIpc) is 2.46. The molecule has 0 aliphatic heterocycles. The quantitative estimate of drug-likeness (QED) is 0.893. The molecule has 2 rings (SSSR count). The molecule has 3 nitrogen and oxygen atoms in total. The lowest BCUT2D eigenvalue weighted by molar-refractivity contribution is 0.627. The zero-order chi connectivity index (χ0) is 13.7. The van der Waals surface area contributed by atoms with Crippen molar-refractivity contribution in [3.63, 3.8) is 0 Å². The van der Waals surface area contributed by atoms with Crippen LogP contribution < -0.4 is 10.2 Å². The molecule has 4 heteroatoms. The highest BCUT2D eigenvalue weighted by atomic mass is 19.1. The van der Waals surface area contributed by atoms with Gasteiger partial charge in [-0.15, -0.1) is 0 Å². The number of nitrogens with one attached hydrogen (secondary N) is 1. The highest BCUT2D eigenvalue weighted by molar-refractivity contribution is 5.48. The summed E-state index contributed by atoms with van der Waals surface area (Å²) in [6.45, 7) is 3.63. The third kappa shape index (κ3) is 3.44. The maximum Gasteiger partial charge on any atom is 0.123 e. The second-order valence-corrected chi connectivity index (χ2v) is 4.28. The van der Waals surface area contributed by atoms with Crippen LogP contribution in [0, 0.1) is 5.82 Å². The lowest BCUT2D eigenvalue weighted by atomic mass is 10.2. The number of benzene rings is 1. The van der Waals surface area contributed by atoms with Crippen molar-refractivity contribution < 1.29 is 4.39 Å². The number of hydrogen-bond donors (Lipinski definition) is 1. The fourth-order valence-electron chi connectivity index (χ4n) is 1.95. The van der Waals surface area contributed by atoms with Gasteiger partial charge in [-0.1, -0.05) is 0 Å². The van der Waals surface area contributed by atoms with Crippen molar-refractivity contribution in [1.29, 1.82) is 0 Å². The van der Waals surface area contributed by atoms with Gasteiger partial charge in [-0.3, -0.25) is 4.98 Å². The molecule has 0 saturated carbocycles. The second kappa shape index (κ2) is 6.18. The zero-order valence-corrected chi connectivity index (χ0v) is 11.2. The Hall–Kier alpha value is -2.10. The van der Waals surface area contributed by atoms with Gasteiger partial charge in [-0.25, -0.2) is 4.39 Å². The van der Waals surface area contributed by atoms with Crippen molar-refractivity contribution in [2.45, 2.75) is 13.5 Å². The first-order valence-electron chi connectivity index (χ1n) is 6.36. The van der Waals surface area contributed by atoms with E-state index in [-0.39, 0.29) is 5.82 Å². The Morgan fingerprint density at radius 3 is 2.58 bits per heavy atom. The molecule has 0 atom stereocenters. The van der Waals surface area contributed by atoms with Crippen molar-refractivity contribution >= 4 is 11.4 Å². The topological polar surface area (TPSA) is 28.2 Å². The van der Waals surface area contributed by atoms with E-state index in [1.54, 1.807) is 18.3 Å². The Morgan fingerprint density at radius 2 is 1.95 bits per heavy atom. The molecule has 19 heavy (non-hydrogen) atoms. The molecule has 0 fully saturated rings. The summed E-state index contributed by atoms with van der Waals surface area (Å²) in [5.41, 5.74) is 3.03. The minimum absolute atomic E-state index is 0.213. The van der Waals surface area contributed by atoms with Gasteiger partial charge in [0.25, 0.3) is 0 Å². The van der Waals surface area contributed by atoms with Crippen molar-refractivity contribution in [2.75, 3.05) is 23.8 Å². The molecule has 0 bridgehead atoms. The maximum absolute atomic E-state index is 12.9. The largest absolute Gasteiger partial charge is 0.388 e. The molecule has 0 unspecified atom stereocenters. The van der Waals surface area contributed by atoms with Crippen LogP contribution in [0.5, 0.6) is 0 Å². The highest BCUT2D eigenvalue weighted by Gasteiger charge is 2.06. The molecule has 1 aromatic heterocycles. The summed E-state index contributed by atoms with van der Waals surface area (Å²) in [6, 6.07) is 10.5. The highest BCUT2D eigenvalue weighted by Crippen LogP contribution is 2.18. The Kier molecular flexibility index (Phi) is 4.34. The van der Waals surface area contributed by atoms with Crippen LogP contribution in [0.1, 0.15) is 12.6 Å². The maximum atomic E-state index is 12.9. The fraction of sp³-hybridized carbons (Fsp3) is 0.267. The molecule has 1 aromatic carbocycles. The molecular formula is C15H18FN3. The molecule has 0 spiro atoms. The van der Waals surface area contributed by atoms with Gasteiger partial charge in [-0.2, -0.15) is 0 Å². The number of halogens is 1. The van der Waals surface area contributed by atoms with Crippen LogP contribution in [0.3, 0.4) is 0 Å². The smallest absolute Gasteiger partial charge is 0.123 e. The van der Waals surface area contributed by atoms with E-state index < -0.39 is 0 Å². The van der Waals surface area contributed by atoms with Crippen LogP contribution in [0.15, 0.2) is 42.6 Å². The Morgan fingerprint density at radius 1 is 1.21 bits per heavy atom. The predicted molar refractivity (Wildman–Crippen MR) is 76.9 cm³/mol. The van der Waals surface area contributed by atoms with Gasteiger partial charge >= 0.3 is 0 Å². The van der Waals surface area contributed by atoms with Crippen molar-refractivity contribution in [1.82, 2.24) is 4.98 Å². The van der Waals surface area contributed by atoms with Gasteiger partial charge in [-0.05, 0) is 43.3 Å². The lowest BCUT2D eigenvalue weighted by Gasteiger charge is -2.22. The van der Waals surface area contributed by atoms with Gasteiger partial charge in [0, 0.05) is 31.2 Å². The summed E-state index contributed by atoms with van der Waals surface area (Å²) in [7, 11) is 1.89. The summed E-state index contributed by atoms with van der Waals surface area (Å²) in [5, 5.41) is 3.10. The number of hydrogen-bond acceptors (Lipinski definition) is 3. The lowest BCUT2D eigenvalue weighted by Crippen LogP contribution is -2.22.